The first-order valence-corrected chi connectivity index (χ1v) is 10.7. The molecule has 0 N–H and O–H groups in total. The normalized spacial score (nSPS) is 20.6. The average Bonchev–Trinajstić information content (AvgIpc) is 3.43. The molecule has 2 saturated heterocycles. The molecule has 4 heterocycles. The van der Waals surface area contributed by atoms with Crippen LogP contribution in [0, 0.1) is 0 Å². The molecule has 1 amide bonds. The number of morpholine rings is 1. The van der Waals surface area contributed by atoms with Crippen molar-refractivity contribution in [1.82, 2.24) is 19.7 Å². The van der Waals surface area contributed by atoms with E-state index in [0.29, 0.717) is 32.1 Å². The summed E-state index contributed by atoms with van der Waals surface area (Å²) in [6.07, 6.45) is 2.34. The number of rotatable bonds is 6. The van der Waals surface area contributed by atoms with Crippen molar-refractivity contribution in [2.24, 2.45) is 0 Å². The Labute approximate surface area is 160 Å². The van der Waals surface area contributed by atoms with Crippen LogP contribution in [0.3, 0.4) is 0 Å². The average molecular weight is 395 g/mol. The molecule has 7 nitrogen and oxygen atoms in total. The van der Waals surface area contributed by atoms with E-state index in [4.69, 9.17) is 9.47 Å². The Morgan fingerprint density at radius 2 is 2.19 bits per heavy atom. The standard InChI is InChI=1S/C17H22N4O3S2/c22-15(20-5-8-23-9-6-20)12-26-17-19-18-16(14-4-2-10-25-14)21(17)11-13-3-1-7-24-13/h2,4,10,13H,1,3,5-9,11-12H2. The van der Waals surface area contributed by atoms with E-state index in [0.717, 1.165) is 41.9 Å². The van der Waals surface area contributed by atoms with Crippen molar-refractivity contribution in [3.63, 3.8) is 0 Å². The summed E-state index contributed by atoms with van der Waals surface area (Å²) in [7, 11) is 0. The van der Waals surface area contributed by atoms with E-state index in [1.165, 1.54) is 11.8 Å². The Morgan fingerprint density at radius 1 is 1.31 bits per heavy atom. The van der Waals surface area contributed by atoms with Gasteiger partial charge in [0.15, 0.2) is 11.0 Å². The maximum absolute atomic E-state index is 12.4. The minimum absolute atomic E-state index is 0.127. The van der Waals surface area contributed by atoms with E-state index in [9.17, 15) is 4.79 Å². The quantitative estimate of drug-likeness (QED) is 0.699. The second kappa shape index (κ2) is 8.51. The molecule has 2 aromatic heterocycles. The van der Waals surface area contributed by atoms with Crippen LogP contribution in [-0.4, -0.2) is 70.3 Å². The van der Waals surface area contributed by atoms with Crippen molar-refractivity contribution in [1.29, 1.82) is 0 Å². The van der Waals surface area contributed by atoms with Crippen molar-refractivity contribution >= 4 is 29.0 Å². The lowest BCUT2D eigenvalue weighted by molar-refractivity contribution is -0.132. The Balaban J connectivity index is 1.48. The molecule has 140 valence electrons. The highest BCUT2D eigenvalue weighted by molar-refractivity contribution is 7.99. The van der Waals surface area contributed by atoms with Gasteiger partial charge in [0, 0.05) is 19.7 Å². The van der Waals surface area contributed by atoms with Gasteiger partial charge in [-0.2, -0.15) is 0 Å². The van der Waals surface area contributed by atoms with Gasteiger partial charge in [0.2, 0.25) is 5.91 Å². The Bertz CT molecular complexity index is 722. The predicted molar refractivity (Wildman–Crippen MR) is 100 cm³/mol. The fraction of sp³-hybridized carbons (Fsp3) is 0.588. The first-order valence-electron chi connectivity index (χ1n) is 8.88. The Morgan fingerprint density at radius 3 is 2.92 bits per heavy atom. The molecule has 2 aliphatic rings. The summed E-state index contributed by atoms with van der Waals surface area (Å²) < 4.78 is 13.2. The fourth-order valence-corrected chi connectivity index (χ4v) is 4.74. The van der Waals surface area contributed by atoms with Crippen LogP contribution in [0.25, 0.3) is 10.7 Å². The summed E-state index contributed by atoms with van der Waals surface area (Å²) in [5.74, 6) is 1.35. The summed E-state index contributed by atoms with van der Waals surface area (Å²) in [6, 6.07) is 4.06. The number of carbonyl (C=O) groups is 1. The van der Waals surface area contributed by atoms with Gasteiger partial charge in [-0.3, -0.25) is 9.36 Å². The highest BCUT2D eigenvalue weighted by atomic mass is 32.2. The van der Waals surface area contributed by atoms with Gasteiger partial charge in [0.1, 0.15) is 0 Å². The molecular weight excluding hydrogens is 372 g/mol. The Hall–Kier alpha value is -1.42. The summed E-state index contributed by atoms with van der Waals surface area (Å²) in [4.78, 5) is 15.4. The van der Waals surface area contributed by atoms with Gasteiger partial charge < -0.3 is 14.4 Å². The third-order valence-electron chi connectivity index (χ3n) is 4.56. The zero-order chi connectivity index (χ0) is 17.8. The van der Waals surface area contributed by atoms with Crippen LogP contribution in [0.1, 0.15) is 12.8 Å². The van der Waals surface area contributed by atoms with Gasteiger partial charge >= 0.3 is 0 Å². The highest BCUT2D eigenvalue weighted by Gasteiger charge is 2.23. The van der Waals surface area contributed by atoms with Crippen LogP contribution in [0.4, 0.5) is 0 Å². The maximum atomic E-state index is 12.4. The minimum atomic E-state index is 0.127. The molecule has 0 aliphatic carbocycles. The SMILES string of the molecule is O=C(CSc1nnc(-c2cccs2)n1CC1CCCO1)N1CCOCC1. The molecule has 9 heteroatoms. The second-order valence-electron chi connectivity index (χ2n) is 6.31. The van der Waals surface area contributed by atoms with E-state index in [1.54, 1.807) is 11.3 Å². The van der Waals surface area contributed by atoms with Gasteiger partial charge in [-0.15, -0.1) is 21.5 Å². The number of thiophene rings is 1. The second-order valence-corrected chi connectivity index (χ2v) is 8.20. The number of carbonyl (C=O) groups excluding carboxylic acids is 1. The number of ether oxygens (including phenoxy) is 2. The number of amides is 1. The van der Waals surface area contributed by atoms with Crippen molar-refractivity contribution in [2.75, 3.05) is 38.7 Å². The van der Waals surface area contributed by atoms with Crippen molar-refractivity contribution in [3.8, 4) is 10.7 Å². The molecule has 0 saturated carbocycles. The number of hydrogen-bond acceptors (Lipinski definition) is 7. The third kappa shape index (κ3) is 4.11. The fourth-order valence-electron chi connectivity index (χ4n) is 3.17. The maximum Gasteiger partial charge on any atom is 0.233 e. The molecule has 4 rings (SSSR count). The van der Waals surface area contributed by atoms with Crippen molar-refractivity contribution in [3.05, 3.63) is 17.5 Å². The summed E-state index contributed by atoms with van der Waals surface area (Å²) in [5.41, 5.74) is 0. The van der Waals surface area contributed by atoms with Gasteiger partial charge in [-0.1, -0.05) is 17.8 Å². The molecule has 2 aromatic rings. The zero-order valence-corrected chi connectivity index (χ0v) is 16.1. The summed E-state index contributed by atoms with van der Waals surface area (Å²) in [5, 5.41) is 11.6. The monoisotopic (exact) mass is 394 g/mol. The molecule has 2 fully saturated rings. The van der Waals surface area contributed by atoms with Crippen LogP contribution < -0.4 is 0 Å². The van der Waals surface area contributed by atoms with Gasteiger partial charge in [0.25, 0.3) is 0 Å². The molecule has 2 aliphatic heterocycles. The topological polar surface area (TPSA) is 69.5 Å². The lowest BCUT2D eigenvalue weighted by atomic mass is 10.2. The molecule has 26 heavy (non-hydrogen) atoms. The predicted octanol–water partition coefficient (Wildman–Crippen LogP) is 2.14. The summed E-state index contributed by atoms with van der Waals surface area (Å²) in [6.45, 7) is 4.13. The molecule has 0 aromatic carbocycles. The van der Waals surface area contributed by atoms with Crippen molar-refractivity contribution in [2.45, 2.75) is 30.6 Å². The number of thioether (sulfide) groups is 1. The lowest BCUT2D eigenvalue weighted by Gasteiger charge is -2.26. The van der Waals surface area contributed by atoms with Crippen LogP contribution >= 0.6 is 23.1 Å². The molecule has 0 radical (unpaired) electrons. The minimum Gasteiger partial charge on any atom is -0.378 e. The molecule has 1 atom stereocenters. The van der Waals surface area contributed by atoms with E-state index in [-0.39, 0.29) is 12.0 Å². The Kier molecular flexibility index (Phi) is 5.88. The summed E-state index contributed by atoms with van der Waals surface area (Å²) >= 11 is 3.10. The number of hydrogen-bond donors (Lipinski definition) is 0. The third-order valence-corrected chi connectivity index (χ3v) is 6.37. The highest BCUT2D eigenvalue weighted by Crippen LogP contribution is 2.29. The van der Waals surface area contributed by atoms with Crippen LogP contribution in [0.2, 0.25) is 0 Å². The zero-order valence-electron chi connectivity index (χ0n) is 14.5. The molecule has 0 bridgehead atoms. The number of aromatic nitrogens is 3. The van der Waals surface area contributed by atoms with E-state index in [2.05, 4.69) is 14.8 Å². The van der Waals surface area contributed by atoms with E-state index in [1.807, 2.05) is 22.4 Å². The van der Waals surface area contributed by atoms with Crippen LogP contribution in [0.5, 0.6) is 0 Å². The molecular formula is C17H22N4O3S2. The smallest absolute Gasteiger partial charge is 0.233 e. The molecule has 1 unspecified atom stereocenters. The largest absolute Gasteiger partial charge is 0.378 e. The van der Waals surface area contributed by atoms with Gasteiger partial charge in [-0.25, -0.2) is 0 Å². The van der Waals surface area contributed by atoms with Crippen LogP contribution in [0.15, 0.2) is 22.7 Å². The van der Waals surface area contributed by atoms with Gasteiger partial charge in [-0.05, 0) is 24.3 Å². The van der Waals surface area contributed by atoms with E-state index >= 15 is 0 Å². The molecule has 0 spiro atoms. The first kappa shape index (κ1) is 18.0. The lowest BCUT2D eigenvalue weighted by Crippen LogP contribution is -2.41. The van der Waals surface area contributed by atoms with E-state index < -0.39 is 0 Å². The van der Waals surface area contributed by atoms with Gasteiger partial charge in [0.05, 0.1) is 36.5 Å². The van der Waals surface area contributed by atoms with Crippen LogP contribution in [-0.2, 0) is 20.8 Å². The first-order chi connectivity index (χ1) is 12.8. The van der Waals surface area contributed by atoms with Crippen molar-refractivity contribution < 1.29 is 14.3 Å². The number of nitrogens with zero attached hydrogens (tertiary/aromatic N) is 4.